The maximum Gasteiger partial charge on any atom is 0.251 e. The highest BCUT2D eigenvalue weighted by atomic mass is 35.5. The molecule has 1 amide bonds. The second kappa shape index (κ2) is 7.99. The molecule has 1 saturated heterocycles. The number of amides is 1. The van der Waals surface area contributed by atoms with Gasteiger partial charge in [0.15, 0.2) is 0 Å². The first kappa shape index (κ1) is 16.6. The topological polar surface area (TPSA) is 41.6 Å². The molecule has 21 heavy (non-hydrogen) atoms. The average Bonchev–Trinajstić information content (AvgIpc) is 2.45. The minimum Gasteiger partial charge on any atom is -0.383 e. The summed E-state index contributed by atoms with van der Waals surface area (Å²) in [4.78, 5) is 14.6. The number of methoxy groups -OCH3 is 1. The zero-order valence-electron chi connectivity index (χ0n) is 12.1. The SMILES string of the molecule is COCCN1CCC(NC(=O)c2cc(Cl)cc(Cl)c2)CC1. The van der Waals surface area contributed by atoms with E-state index in [1.165, 1.54) is 0 Å². The third-order valence-corrected chi connectivity index (χ3v) is 4.10. The molecule has 0 bridgehead atoms. The summed E-state index contributed by atoms with van der Waals surface area (Å²) in [5.74, 6) is -0.116. The molecule has 0 spiro atoms. The summed E-state index contributed by atoms with van der Waals surface area (Å²) in [5.41, 5.74) is 0.509. The molecule has 6 heteroatoms. The molecular formula is C15H20Cl2N2O2. The Hall–Kier alpha value is -0.810. The van der Waals surface area contributed by atoms with Crippen LogP contribution < -0.4 is 5.32 Å². The smallest absolute Gasteiger partial charge is 0.251 e. The fourth-order valence-corrected chi connectivity index (χ4v) is 3.00. The Morgan fingerprint density at radius 3 is 2.48 bits per heavy atom. The van der Waals surface area contributed by atoms with Crippen molar-refractivity contribution in [2.45, 2.75) is 18.9 Å². The third kappa shape index (κ3) is 5.15. The van der Waals surface area contributed by atoms with E-state index in [-0.39, 0.29) is 11.9 Å². The van der Waals surface area contributed by atoms with Crippen LogP contribution in [0, 0.1) is 0 Å². The van der Waals surface area contributed by atoms with Crippen LogP contribution in [-0.2, 0) is 4.74 Å². The van der Waals surface area contributed by atoms with Crippen molar-refractivity contribution in [1.29, 1.82) is 0 Å². The Morgan fingerprint density at radius 2 is 1.90 bits per heavy atom. The second-order valence-corrected chi connectivity index (χ2v) is 6.11. The van der Waals surface area contributed by atoms with E-state index >= 15 is 0 Å². The maximum absolute atomic E-state index is 12.2. The van der Waals surface area contributed by atoms with Crippen molar-refractivity contribution in [2.75, 3.05) is 33.4 Å². The van der Waals surface area contributed by atoms with Crippen LogP contribution in [0.2, 0.25) is 10.0 Å². The van der Waals surface area contributed by atoms with E-state index in [0.29, 0.717) is 15.6 Å². The fourth-order valence-electron chi connectivity index (χ4n) is 2.47. The molecule has 1 aromatic rings. The van der Waals surface area contributed by atoms with Crippen LogP contribution in [0.4, 0.5) is 0 Å². The highest BCUT2D eigenvalue weighted by Crippen LogP contribution is 2.19. The number of halogens is 2. The lowest BCUT2D eigenvalue weighted by Gasteiger charge is -2.32. The number of hydrogen-bond donors (Lipinski definition) is 1. The molecule has 0 unspecified atom stereocenters. The van der Waals surface area contributed by atoms with Crippen molar-refractivity contribution in [2.24, 2.45) is 0 Å². The number of carbonyl (C=O) groups excluding carboxylic acids is 1. The Labute approximate surface area is 135 Å². The van der Waals surface area contributed by atoms with Gasteiger partial charge in [-0.05, 0) is 31.0 Å². The van der Waals surface area contributed by atoms with Gasteiger partial charge in [0.25, 0.3) is 5.91 Å². The summed E-state index contributed by atoms with van der Waals surface area (Å²) < 4.78 is 5.08. The quantitative estimate of drug-likeness (QED) is 0.902. The molecule has 0 aliphatic carbocycles. The summed E-state index contributed by atoms with van der Waals surface area (Å²) in [7, 11) is 1.71. The van der Waals surface area contributed by atoms with Crippen molar-refractivity contribution >= 4 is 29.1 Å². The highest BCUT2D eigenvalue weighted by molar-refractivity contribution is 6.35. The predicted octanol–water partition coefficient (Wildman–Crippen LogP) is 2.83. The molecule has 1 heterocycles. The van der Waals surface area contributed by atoms with Crippen molar-refractivity contribution in [3.05, 3.63) is 33.8 Å². The van der Waals surface area contributed by atoms with Crippen LogP contribution >= 0.6 is 23.2 Å². The summed E-state index contributed by atoms with van der Waals surface area (Å²) in [6.07, 6.45) is 1.90. The van der Waals surface area contributed by atoms with Gasteiger partial charge < -0.3 is 15.0 Å². The molecule has 1 N–H and O–H groups in total. The lowest BCUT2D eigenvalue weighted by Crippen LogP contribution is -2.45. The highest BCUT2D eigenvalue weighted by Gasteiger charge is 2.21. The summed E-state index contributed by atoms with van der Waals surface area (Å²) in [5, 5.41) is 4.00. The van der Waals surface area contributed by atoms with Gasteiger partial charge in [0.05, 0.1) is 6.61 Å². The van der Waals surface area contributed by atoms with Crippen LogP contribution in [0.5, 0.6) is 0 Å². The van der Waals surface area contributed by atoms with Crippen LogP contribution in [0.15, 0.2) is 18.2 Å². The van der Waals surface area contributed by atoms with Crippen molar-refractivity contribution in [3.63, 3.8) is 0 Å². The monoisotopic (exact) mass is 330 g/mol. The Balaban J connectivity index is 1.84. The first-order valence-electron chi connectivity index (χ1n) is 7.06. The Bertz CT molecular complexity index is 468. The van der Waals surface area contributed by atoms with E-state index in [1.807, 2.05) is 0 Å². The zero-order valence-corrected chi connectivity index (χ0v) is 13.6. The van der Waals surface area contributed by atoms with Crippen LogP contribution in [0.25, 0.3) is 0 Å². The van der Waals surface area contributed by atoms with Crippen LogP contribution in [0.3, 0.4) is 0 Å². The summed E-state index contributed by atoms with van der Waals surface area (Å²) >= 11 is 11.8. The Morgan fingerprint density at radius 1 is 1.29 bits per heavy atom. The molecule has 2 rings (SSSR count). The van der Waals surface area contributed by atoms with Gasteiger partial charge in [0.1, 0.15) is 0 Å². The average molecular weight is 331 g/mol. The van der Waals surface area contributed by atoms with Crippen LogP contribution in [-0.4, -0.2) is 50.2 Å². The zero-order chi connectivity index (χ0) is 15.2. The van der Waals surface area contributed by atoms with Gasteiger partial charge in [-0.3, -0.25) is 4.79 Å². The van der Waals surface area contributed by atoms with E-state index in [2.05, 4.69) is 10.2 Å². The van der Waals surface area contributed by atoms with Gasteiger partial charge in [-0.25, -0.2) is 0 Å². The maximum atomic E-state index is 12.2. The molecule has 0 radical (unpaired) electrons. The van der Waals surface area contributed by atoms with Gasteiger partial charge in [-0.2, -0.15) is 0 Å². The molecule has 1 aliphatic rings. The molecule has 1 fully saturated rings. The van der Waals surface area contributed by atoms with Crippen molar-refractivity contribution in [1.82, 2.24) is 10.2 Å². The van der Waals surface area contributed by atoms with Crippen molar-refractivity contribution in [3.8, 4) is 0 Å². The molecule has 116 valence electrons. The molecule has 0 saturated carbocycles. The number of nitrogens with zero attached hydrogens (tertiary/aromatic N) is 1. The molecule has 0 atom stereocenters. The molecule has 4 nitrogen and oxygen atoms in total. The van der Waals surface area contributed by atoms with E-state index in [1.54, 1.807) is 25.3 Å². The lowest BCUT2D eigenvalue weighted by molar-refractivity contribution is 0.0893. The fraction of sp³-hybridized carbons (Fsp3) is 0.533. The third-order valence-electron chi connectivity index (χ3n) is 3.66. The summed E-state index contributed by atoms with van der Waals surface area (Å²) in [6, 6.07) is 5.09. The van der Waals surface area contributed by atoms with Crippen LogP contribution in [0.1, 0.15) is 23.2 Å². The lowest BCUT2D eigenvalue weighted by atomic mass is 10.0. The largest absolute Gasteiger partial charge is 0.383 e. The number of rotatable bonds is 5. The minimum atomic E-state index is -0.116. The van der Waals surface area contributed by atoms with Gasteiger partial charge in [0, 0.05) is 48.4 Å². The van der Waals surface area contributed by atoms with E-state index in [9.17, 15) is 4.79 Å². The number of likely N-dealkylation sites (tertiary alicyclic amines) is 1. The first-order valence-corrected chi connectivity index (χ1v) is 7.82. The van der Waals surface area contributed by atoms with Gasteiger partial charge in [-0.1, -0.05) is 23.2 Å². The normalized spacial score (nSPS) is 16.9. The summed E-state index contributed by atoms with van der Waals surface area (Å²) in [6.45, 7) is 3.65. The number of nitrogens with one attached hydrogen (secondary N) is 1. The number of ether oxygens (including phenoxy) is 1. The predicted molar refractivity (Wildman–Crippen MR) is 85.3 cm³/mol. The first-order chi connectivity index (χ1) is 10.1. The number of benzene rings is 1. The van der Waals surface area contributed by atoms with E-state index in [0.717, 1.165) is 39.1 Å². The van der Waals surface area contributed by atoms with E-state index < -0.39 is 0 Å². The Kier molecular flexibility index (Phi) is 6.30. The van der Waals surface area contributed by atoms with Gasteiger partial charge in [-0.15, -0.1) is 0 Å². The second-order valence-electron chi connectivity index (χ2n) is 5.24. The number of piperidine rings is 1. The van der Waals surface area contributed by atoms with Gasteiger partial charge in [0.2, 0.25) is 0 Å². The van der Waals surface area contributed by atoms with Gasteiger partial charge >= 0.3 is 0 Å². The standard InChI is InChI=1S/C15H20Cl2N2O2/c1-21-7-6-19-4-2-14(3-5-19)18-15(20)11-8-12(16)10-13(17)9-11/h8-10,14H,2-7H2,1H3,(H,18,20). The molecule has 1 aliphatic heterocycles. The molecule has 0 aromatic heterocycles. The number of hydrogen-bond acceptors (Lipinski definition) is 3. The van der Waals surface area contributed by atoms with E-state index in [4.69, 9.17) is 27.9 Å². The molecule has 1 aromatic carbocycles. The minimum absolute atomic E-state index is 0.116. The number of carbonyl (C=O) groups is 1. The molecular weight excluding hydrogens is 311 g/mol. The van der Waals surface area contributed by atoms with Crippen molar-refractivity contribution < 1.29 is 9.53 Å².